The Balaban J connectivity index is 2.44. The van der Waals surface area contributed by atoms with E-state index in [2.05, 4.69) is 4.98 Å². The van der Waals surface area contributed by atoms with E-state index < -0.39 is 5.97 Å². The predicted octanol–water partition coefficient (Wildman–Crippen LogP) is 2.05. The van der Waals surface area contributed by atoms with Gasteiger partial charge < -0.3 is 14.7 Å². The third-order valence-electron chi connectivity index (χ3n) is 3.00. The summed E-state index contributed by atoms with van der Waals surface area (Å²) in [5.41, 5.74) is -0.185. The van der Waals surface area contributed by atoms with Gasteiger partial charge in [-0.05, 0) is 19.9 Å². The van der Waals surface area contributed by atoms with Crippen LogP contribution in [0, 0.1) is 0 Å². The fourth-order valence-electron chi connectivity index (χ4n) is 2.04. The van der Waals surface area contributed by atoms with Gasteiger partial charge >= 0.3 is 5.97 Å². The Morgan fingerprint density at radius 2 is 2.33 bits per heavy atom. The molecule has 0 amide bonds. The van der Waals surface area contributed by atoms with Crippen molar-refractivity contribution in [3.8, 4) is 0 Å². The zero-order valence-corrected chi connectivity index (χ0v) is 11.1. The second kappa shape index (κ2) is 4.74. The summed E-state index contributed by atoms with van der Waals surface area (Å²) < 4.78 is 5.43. The molecule has 0 bridgehead atoms. The number of halogens is 1. The molecule has 0 saturated carbocycles. The molecular formula is C12H15ClN2O3. The first-order valence-corrected chi connectivity index (χ1v) is 6.04. The fourth-order valence-corrected chi connectivity index (χ4v) is 2.33. The van der Waals surface area contributed by atoms with E-state index in [9.17, 15) is 4.79 Å². The summed E-state index contributed by atoms with van der Waals surface area (Å²) in [5.74, 6) is -0.542. The number of ether oxygens (including phenoxy) is 1. The van der Waals surface area contributed by atoms with Gasteiger partial charge in [0.2, 0.25) is 0 Å². The van der Waals surface area contributed by atoms with Crippen molar-refractivity contribution in [3.63, 3.8) is 0 Å². The molecule has 98 valence electrons. The van der Waals surface area contributed by atoms with Gasteiger partial charge in [0.1, 0.15) is 5.82 Å². The third-order valence-corrected chi connectivity index (χ3v) is 3.37. The first-order chi connectivity index (χ1) is 8.43. The Morgan fingerprint density at radius 1 is 1.61 bits per heavy atom. The average molecular weight is 271 g/mol. The van der Waals surface area contributed by atoms with E-state index in [-0.39, 0.29) is 16.1 Å². The zero-order chi connectivity index (χ0) is 13.3. The van der Waals surface area contributed by atoms with Gasteiger partial charge in [0.05, 0.1) is 29.3 Å². The van der Waals surface area contributed by atoms with Crippen LogP contribution in [-0.4, -0.2) is 41.4 Å². The standard InChI is InChI=1S/C12H15ClN2O3/c1-12(2)7-18-6-5-15(12)10-9(13)8(11(16)17)3-4-14-10/h3-4H,5-7H2,1-2H3,(H,16,17). The Labute approximate surface area is 110 Å². The van der Waals surface area contributed by atoms with Crippen LogP contribution in [0.25, 0.3) is 0 Å². The summed E-state index contributed by atoms with van der Waals surface area (Å²) in [4.78, 5) is 17.3. The number of rotatable bonds is 2. The summed E-state index contributed by atoms with van der Waals surface area (Å²) in [6, 6.07) is 1.40. The van der Waals surface area contributed by atoms with Crippen LogP contribution in [0.2, 0.25) is 5.02 Å². The van der Waals surface area contributed by atoms with E-state index in [1.807, 2.05) is 18.7 Å². The molecule has 0 aliphatic carbocycles. The second-order valence-electron chi connectivity index (χ2n) is 4.82. The van der Waals surface area contributed by atoms with Crippen LogP contribution in [0.4, 0.5) is 5.82 Å². The number of nitrogens with zero attached hydrogens (tertiary/aromatic N) is 2. The van der Waals surface area contributed by atoms with Crippen LogP contribution in [0.3, 0.4) is 0 Å². The summed E-state index contributed by atoms with van der Waals surface area (Å²) in [7, 11) is 0. The van der Waals surface area contributed by atoms with Crippen LogP contribution in [0.5, 0.6) is 0 Å². The number of morpholine rings is 1. The molecule has 5 nitrogen and oxygen atoms in total. The minimum absolute atomic E-state index is 0.0731. The van der Waals surface area contributed by atoms with Crippen LogP contribution < -0.4 is 4.90 Å². The molecule has 0 unspecified atom stereocenters. The molecule has 1 aliphatic rings. The van der Waals surface area contributed by atoms with E-state index >= 15 is 0 Å². The highest BCUT2D eigenvalue weighted by molar-refractivity contribution is 6.35. The average Bonchev–Trinajstić information content (AvgIpc) is 2.29. The normalized spacial score (nSPS) is 18.7. The van der Waals surface area contributed by atoms with Gasteiger partial charge in [0, 0.05) is 12.7 Å². The van der Waals surface area contributed by atoms with E-state index in [1.54, 1.807) is 0 Å². The number of carboxylic acid groups (broad SMARTS) is 1. The maximum Gasteiger partial charge on any atom is 0.337 e. The van der Waals surface area contributed by atoms with E-state index in [4.69, 9.17) is 21.4 Å². The first kappa shape index (κ1) is 13.1. The molecular weight excluding hydrogens is 256 g/mol. The highest BCUT2D eigenvalue weighted by Crippen LogP contribution is 2.32. The van der Waals surface area contributed by atoms with Crippen LogP contribution >= 0.6 is 11.6 Å². The largest absolute Gasteiger partial charge is 0.478 e. The van der Waals surface area contributed by atoms with Gasteiger partial charge in [0.25, 0.3) is 0 Å². The van der Waals surface area contributed by atoms with Crippen LogP contribution in [0.15, 0.2) is 12.3 Å². The molecule has 1 aromatic heterocycles. The van der Waals surface area contributed by atoms with Crippen LogP contribution in [-0.2, 0) is 4.74 Å². The van der Waals surface area contributed by atoms with Crippen molar-refractivity contribution < 1.29 is 14.6 Å². The number of carbonyl (C=O) groups is 1. The van der Waals surface area contributed by atoms with E-state index in [0.29, 0.717) is 25.6 Å². The molecule has 2 rings (SSSR count). The lowest BCUT2D eigenvalue weighted by molar-refractivity contribution is 0.0638. The van der Waals surface area contributed by atoms with Crippen molar-refractivity contribution in [3.05, 3.63) is 22.8 Å². The third kappa shape index (κ3) is 2.28. The van der Waals surface area contributed by atoms with Gasteiger partial charge in [-0.2, -0.15) is 0 Å². The fraction of sp³-hybridized carbons (Fsp3) is 0.500. The molecule has 0 aromatic carbocycles. The summed E-state index contributed by atoms with van der Waals surface area (Å²) in [5, 5.41) is 9.24. The topological polar surface area (TPSA) is 62.7 Å². The van der Waals surface area contributed by atoms with Gasteiger partial charge in [0.15, 0.2) is 0 Å². The van der Waals surface area contributed by atoms with Gasteiger partial charge in [-0.25, -0.2) is 9.78 Å². The van der Waals surface area contributed by atoms with Crippen molar-refractivity contribution in [1.82, 2.24) is 4.98 Å². The number of aromatic nitrogens is 1. The Kier molecular flexibility index (Phi) is 3.45. The molecule has 1 fully saturated rings. The first-order valence-electron chi connectivity index (χ1n) is 5.66. The lowest BCUT2D eigenvalue weighted by Gasteiger charge is -2.43. The number of anilines is 1. The molecule has 0 spiro atoms. The number of hydrogen-bond acceptors (Lipinski definition) is 4. The number of hydrogen-bond donors (Lipinski definition) is 1. The summed E-state index contributed by atoms with van der Waals surface area (Å²) in [6.45, 7) is 5.80. The van der Waals surface area contributed by atoms with Gasteiger partial charge in [-0.3, -0.25) is 0 Å². The van der Waals surface area contributed by atoms with Crippen molar-refractivity contribution in [2.24, 2.45) is 0 Å². The van der Waals surface area contributed by atoms with Crippen molar-refractivity contribution >= 4 is 23.4 Å². The highest BCUT2D eigenvalue weighted by atomic mass is 35.5. The Bertz CT molecular complexity index is 476. The minimum atomic E-state index is -1.05. The molecule has 1 aromatic rings. The minimum Gasteiger partial charge on any atom is -0.478 e. The zero-order valence-electron chi connectivity index (χ0n) is 10.3. The smallest absolute Gasteiger partial charge is 0.337 e. The molecule has 6 heteroatoms. The number of pyridine rings is 1. The SMILES string of the molecule is CC1(C)COCCN1c1nccc(C(=O)O)c1Cl. The quantitative estimate of drug-likeness (QED) is 0.891. The van der Waals surface area contributed by atoms with E-state index in [1.165, 1.54) is 12.3 Å². The number of aromatic carboxylic acids is 1. The summed E-state index contributed by atoms with van der Waals surface area (Å²) >= 11 is 6.14. The maximum absolute atomic E-state index is 11.1. The molecule has 0 radical (unpaired) electrons. The lowest BCUT2D eigenvalue weighted by atomic mass is 10.0. The number of carboxylic acids is 1. The predicted molar refractivity (Wildman–Crippen MR) is 68.5 cm³/mol. The molecule has 1 aliphatic heterocycles. The highest BCUT2D eigenvalue weighted by Gasteiger charge is 2.33. The monoisotopic (exact) mass is 270 g/mol. The Morgan fingerprint density at radius 3 is 2.94 bits per heavy atom. The maximum atomic E-state index is 11.1. The van der Waals surface area contributed by atoms with Gasteiger partial charge in [-0.1, -0.05) is 11.6 Å². The summed E-state index contributed by atoms with van der Waals surface area (Å²) in [6.07, 6.45) is 1.47. The van der Waals surface area contributed by atoms with Crippen molar-refractivity contribution in [2.45, 2.75) is 19.4 Å². The van der Waals surface area contributed by atoms with Crippen molar-refractivity contribution in [1.29, 1.82) is 0 Å². The molecule has 1 N–H and O–H groups in total. The van der Waals surface area contributed by atoms with E-state index in [0.717, 1.165) is 0 Å². The van der Waals surface area contributed by atoms with Crippen LogP contribution in [0.1, 0.15) is 24.2 Å². The molecule has 18 heavy (non-hydrogen) atoms. The molecule has 0 atom stereocenters. The Hall–Kier alpha value is -1.33. The lowest BCUT2D eigenvalue weighted by Crippen LogP contribution is -2.53. The second-order valence-corrected chi connectivity index (χ2v) is 5.20. The van der Waals surface area contributed by atoms with Gasteiger partial charge in [-0.15, -0.1) is 0 Å². The molecule has 2 heterocycles. The molecule has 1 saturated heterocycles. The van der Waals surface area contributed by atoms with Crippen molar-refractivity contribution in [2.75, 3.05) is 24.7 Å².